The number of ketones is 1. The monoisotopic (exact) mass is 231 g/mol. The first-order chi connectivity index (χ1) is 7.88. The van der Waals surface area contributed by atoms with E-state index in [0.29, 0.717) is 0 Å². The zero-order valence-electron chi connectivity index (χ0n) is 10.9. The van der Waals surface area contributed by atoms with Crippen LogP contribution in [0.2, 0.25) is 0 Å². The molecule has 0 bridgehead atoms. The van der Waals surface area contributed by atoms with Crippen molar-refractivity contribution in [1.82, 2.24) is 4.98 Å². The molecule has 0 amide bonds. The predicted molar refractivity (Wildman–Crippen MR) is 67.1 cm³/mol. The molecule has 1 rings (SSSR count). The molecule has 0 aliphatic carbocycles. The number of nitriles is 1. The number of carbonyl (C=O) groups excluding carboxylic acids is 1. The average Bonchev–Trinajstić information content (AvgIpc) is 2.22. The minimum Gasteiger partial charge on any atom is -0.363 e. The van der Waals surface area contributed by atoms with Crippen molar-refractivity contribution >= 4 is 11.6 Å². The van der Waals surface area contributed by atoms with Crippen molar-refractivity contribution in [3.8, 4) is 6.07 Å². The maximum Gasteiger partial charge on any atom is 0.151 e. The van der Waals surface area contributed by atoms with E-state index in [1.807, 2.05) is 45.0 Å². The molecule has 0 N–H and O–H groups in total. The highest BCUT2D eigenvalue weighted by atomic mass is 16.1. The third kappa shape index (κ3) is 2.62. The molecule has 0 radical (unpaired) electrons. The van der Waals surface area contributed by atoms with Crippen molar-refractivity contribution in [3.63, 3.8) is 0 Å². The van der Waals surface area contributed by atoms with E-state index in [-0.39, 0.29) is 5.78 Å². The number of nitrogens with zero attached hydrogens (tertiary/aromatic N) is 3. The number of Topliss-reactive ketones (excluding diaryl/α,β-unsaturated/α-hetero) is 1. The lowest BCUT2D eigenvalue weighted by Crippen LogP contribution is -2.15. The van der Waals surface area contributed by atoms with Gasteiger partial charge in [-0.15, -0.1) is 0 Å². The van der Waals surface area contributed by atoms with Gasteiger partial charge in [0.25, 0.3) is 0 Å². The van der Waals surface area contributed by atoms with Gasteiger partial charge in [-0.3, -0.25) is 4.79 Å². The molecule has 0 aromatic carbocycles. The van der Waals surface area contributed by atoms with Crippen molar-refractivity contribution in [1.29, 1.82) is 5.26 Å². The third-order valence-electron chi connectivity index (χ3n) is 2.72. The first kappa shape index (κ1) is 13.2. The molecule has 1 unspecified atom stereocenters. The number of hydrogen-bond acceptors (Lipinski definition) is 4. The standard InChI is InChI=1S/C13H17N3O/c1-8-6-12(16(4)5)15-9(2)13(8)11(7-14)10(3)17/h6,11H,1-5H3. The lowest BCUT2D eigenvalue weighted by Gasteiger charge is -2.17. The fourth-order valence-corrected chi connectivity index (χ4v) is 1.85. The van der Waals surface area contributed by atoms with E-state index in [1.54, 1.807) is 0 Å². The molecule has 4 nitrogen and oxygen atoms in total. The fourth-order valence-electron chi connectivity index (χ4n) is 1.85. The minimum absolute atomic E-state index is 0.141. The molecule has 4 heteroatoms. The van der Waals surface area contributed by atoms with Gasteiger partial charge in [-0.25, -0.2) is 4.98 Å². The SMILES string of the molecule is CC(=O)C(C#N)c1c(C)cc(N(C)C)nc1C. The summed E-state index contributed by atoms with van der Waals surface area (Å²) < 4.78 is 0. The van der Waals surface area contributed by atoms with E-state index in [1.165, 1.54) is 6.92 Å². The topological polar surface area (TPSA) is 57.0 Å². The third-order valence-corrected chi connectivity index (χ3v) is 2.72. The Kier molecular flexibility index (Phi) is 3.84. The number of anilines is 1. The van der Waals surface area contributed by atoms with Crippen molar-refractivity contribution in [2.75, 3.05) is 19.0 Å². The summed E-state index contributed by atoms with van der Waals surface area (Å²) in [5.41, 5.74) is 2.42. The molecule has 0 spiro atoms. The Morgan fingerprint density at radius 1 is 1.47 bits per heavy atom. The number of carbonyl (C=O) groups is 1. The molecule has 1 aromatic heterocycles. The van der Waals surface area contributed by atoms with Crippen LogP contribution in [0.5, 0.6) is 0 Å². The first-order valence-electron chi connectivity index (χ1n) is 5.44. The number of pyridine rings is 1. The summed E-state index contributed by atoms with van der Waals surface area (Å²) in [5.74, 6) is -0.0131. The molecule has 1 atom stereocenters. The van der Waals surface area contributed by atoms with Crippen LogP contribution in [0.25, 0.3) is 0 Å². The van der Waals surface area contributed by atoms with Crippen molar-refractivity contribution < 1.29 is 4.79 Å². The van der Waals surface area contributed by atoms with Gasteiger partial charge in [0.05, 0.1) is 6.07 Å². The molecule has 0 fully saturated rings. The Hall–Kier alpha value is -1.89. The molecule has 1 heterocycles. The maximum atomic E-state index is 11.4. The van der Waals surface area contributed by atoms with Crippen LogP contribution >= 0.6 is 0 Å². The van der Waals surface area contributed by atoms with Crippen LogP contribution in [0.1, 0.15) is 29.7 Å². The van der Waals surface area contributed by atoms with Crippen molar-refractivity contribution in [3.05, 3.63) is 22.9 Å². The van der Waals surface area contributed by atoms with Crippen LogP contribution in [0.4, 0.5) is 5.82 Å². The molecule has 0 aliphatic rings. The lowest BCUT2D eigenvalue weighted by atomic mass is 9.92. The Balaban J connectivity index is 3.37. The van der Waals surface area contributed by atoms with E-state index in [0.717, 1.165) is 22.6 Å². The number of rotatable bonds is 3. The van der Waals surface area contributed by atoms with Gasteiger partial charge in [0.1, 0.15) is 11.7 Å². The van der Waals surface area contributed by atoms with Gasteiger partial charge >= 0.3 is 0 Å². The van der Waals surface area contributed by atoms with E-state index < -0.39 is 5.92 Å². The Morgan fingerprint density at radius 3 is 2.41 bits per heavy atom. The number of aromatic nitrogens is 1. The Morgan fingerprint density at radius 2 is 2.06 bits per heavy atom. The smallest absolute Gasteiger partial charge is 0.151 e. The maximum absolute atomic E-state index is 11.4. The summed E-state index contributed by atoms with van der Waals surface area (Å²) in [7, 11) is 3.82. The van der Waals surface area contributed by atoms with Crippen LogP contribution in [0.15, 0.2) is 6.07 Å². The predicted octanol–water partition coefficient (Wildman–Crippen LogP) is 1.96. The van der Waals surface area contributed by atoms with Crippen LogP contribution < -0.4 is 4.90 Å². The molecular formula is C13H17N3O. The lowest BCUT2D eigenvalue weighted by molar-refractivity contribution is -0.117. The molecule has 90 valence electrons. The number of hydrogen-bond donors (Lipinski definition) is 0. The van der Waals surface area contributed by atoms with E-state index in [2.05, 4.69) is 4.98 Å². The molecule has 0 aliphatic heterocycles. The summed E-state index contributed by atoms with van der Waals surface area (Å²) in [6, 6.07) is 3.94. The van der Waals surface area contributed by atoms with Crippen LogP contribution in [0.3, 0.4) is 0 Å². The van der Waals surface area contributed by atoms with Crippen molar-refractivity contribution in [2.45, 2.75) is 26.7 Å². The largest absolute Gasteiger partial charge is 0.363 e. The summed E-state index contributed by atoms with van der Waals surface area (Å²) in [6.45, 7) is 5.18. The molecule has 1 aromatic rings. The van der Waals surface area contributed by atoms with Gasteiger partial charge < -0.3 is 4.90 Å². The van der Waals surface area contributed by atoms with Gasteiger partial charge in [0.15, 0.2) is 5.78 Å². The van der Waals surface area contributed by atoms with Gasteiger partial charge in [-0.1, -0.05) is 0 Å². The average molecular weight is 231 g/mol. The zero-order valence-corrected chi connectivity index (χ0v) is 10.9. The summed E-state index contributed by atoms with van der Waals surface area (Å²) in [4.78, 5) is 17.7. The first-order valence-corrected chi connectivity index (χ1v) is 5.44. The Bertz CT molecular complexity index is 463. The van der Waals surface area contributed by atoms with Gasteiger partial charge in [0.2, 0.25) is 0 Å². The quantitative estimate of drug-likeness (QED) is 0.798. The van der Waals surface area contributed by atoms with Crippen molar-refractivity contribution in [2.24, 2.45) is 0 Å². The molecule has 17 heavy (non-hydrogen) atoms. The Labute approximate surface area is 102 Å². The highest BCUT2D eigenvalue weighted by Gasteiger charge is 2.21. The van der Waals surface area contributed by atoms with E-state index in [4.69, 9.17) is 5.26 Å². The minimum atomic E-state index is -0.710. The molecule has 0 saturated heterocycles. The normalized spacial score (nSPS) is 11.8. The summed E-state index contributed by atoms with van der Waals surface area (Å²) in [5, 5.41) is 9.07. The highest BCUT2D eigenvalue weighted by Crippen LogP contribution is 2.26. The van der Waals surface area contributed by atoms with Gasteiger partial charge in [-0.2, -0.15) is 5.26 Å². The molecular weight excluding hydrogens is 214 g/mol. The van der Waals surface area contributed by atoms with E-state index >= 15 is 0 Å². The number of aryl methyl sites for hydroxylation is 2. The zero-order chi connectivity index (χ0) is 13.2. The summed E-state index contributed by atoms with van der Waals surface area (Å²) >= 11 is 0. The van der Waals surface area contributed by atoms with E-state index in [9.17, 15) is 4.79 Å². The second kappa shape index (κ2) is 4.96. The highest BCUT2D eigenvalue weighted by molar-refractivity contribution is 5.87. The van der Waals surface area contributed by atoms with Crippen LogP contribution in [0, 0.1) is 25.2 Å². The van der Waals surface area contributed by atoms with Gasteiger partial charge in [0, 0.05) is 25.4 Å². The summed E-state index contributed by atoms with van der Waals surface area (Å²) in [6.07, 6.45) is 0. The molecule has 0 saturated carbocycles. The van der Waals surface area contributed by atoms with Crippen LogP contribution in [-0.2, 0) is 4.79 Å². The van der Waals surface area contributed by atoms with Crippen LogP contribution in [-0.4, -0.2) is 24.9 Å². The second-order valence-corrected chi connectivity index (χ2v) is 4.36. The fraction of sp³-hybridized carbons (Fsp3) is 0.462. The second-order valence-electron chi connectivity index (χ2n) is 4.36. The van der Waals surface area contributed by atoms with Gasteiger partial charge in [-0.05, 0) is 32.4 Å².